The van der Waals surface area contributed by atoms with Crippen molar-refractivity contribution >= 4 is 5.84 Å². The van der Waals surface area contributed by atoms with Crippen LogP contribution in [0.1, 0.15) is 36.0 Å². The Kier molecular flexibility index (Phi) is 6.01. The van der Waals surface area contributed by atoms with E-state index in [4.69, 9.17) is 10.6 Å². The Morgan fingerprint density at radius 2 is 1.88 bits per heavy atom. The van der Waals surface area contributed by atoms with E-state index in [9.17, 15) is 4.39 Å². The average Bonchev–Trinajstić information content (AvgIpc) is 2.63. The van der Waals surface area contributed by atoms with E-state index in [1.165, 1.54) is 31.4 Å². The third-order valence-corrected chi connectivity index (χ3v) is 4.42. The molecule has 1 aliphatic rings. The summed E-state index contributed by atoms with van der Waals surface area (Å²) in [5.41, 5.74) is 8.90. The van der Waals surface area contributed by atoms with E-state index in [-0.39, 0.29) is 12.4 Å². The fourth-order valence-corrected chi connectivity index (χ4v) is 3.12. The van der Waals surface area contributed by atoms with Gasteiger partial charge in [0.05, 0.1) is 0 Å². The maximum absolute atomic E-state index is 13.2. The van der Waals surface area contributed by atoms with Gasteiger partial charge in [0.2, 0.25) is 0 Å². The van der Waals surface area contributed by atoms with Crippen molar-refractivity contribution in [2.24, 2.45) is 10.9 Å². The van der Waals surface area contributed by atoms with Crippen LogP contribution >= 0.6 is 0 Å². The van der Waals surface area contributed by atoms with Crippen LogP contribution in [0.25, 0.3) is 0 Å². The van der Waals surface area contributed by atoms with Gasteiger partial charge < -0.3 is 10.6 Å². The SMILES string of the molecule is NC(=NOCc1cccc(F)c1)c1ccccc1CN1CCCCC1. The summed E-state index contributed by atoms with van der Waals surface area (Å²) in [6.07, 6.45) is 3.82. The second-order valence-electron chi connectivity index (χ2n) is 6.37. The van der Waals surface area contributed by atoms with Gasteiger partial charge in [-0.1, -0.05) is 48.0 Å². The summed E-state index contributed by atoms with van der Waals surface area (Å²) in [6, 6.07) is 14.3. The van der Waals surface area contributed by atoms with Crippen LogP contribution in [0.2, 0.25) is 0 Å². The first-order valence-corrected chi connectivity index (χ1v) is 8.73. The molecule has 0 unspecified atom stereocenters. The molecule has 1 fully saturated rings. The lowest BCUT2D eigenvalue weighted by Gasteiger charge is -2.27. The molecule has 5 heteroatoms. The number of piperidine rings is 1. The molecule has 0 amide bonds. The lowest BCUT2D eigenvalue weighted by Crippen LogP contribution is -2.30. The fourth-order valence-electron chi connectivity index (χ4n) is 3.12. The van der Waals surface area contributed by atoms with Gasteiger partial charge in [0.1, 0.15) is 12.4 Å². The van der Waals surface area contributed by atoms with Crippen molar-refractivity contribution in [1.82, 2.24) is 4.90 Å². The number of nitrogens with zero attached hydrogens (tertiary/aromatic N) is 2. The predicted octanol–water partition coefficient (Wildman–Crippen LogP) is 3.65. The lowest BCUT2D eigenvalue weighted by molar-refractivity contribution is 0.130. The van der Waals surface area contributed by atoms with E-state index >= 15 is 0 Å². The first-order chi connectivity index (χ1) is 12.2. The molecular weight excluding hydrogens is 317 g/mol. The number of oxime groups is 1. The van der Waals surface area contributed by atoms with Crippen LogP contribution in [0.5, 0.6) is 0 Å². The molecule has 2 N–H and O–H groups in total. The van der Waals surface area contributed by atoms with E-state index in [0.717, 1.165) is 36.3 Å². The highest BCUT2D eigenvalue weighted by atomic mass is 19.1. The smallest absolute Gasteiger partial charge is 0.170 e. The van der Waals surface area contributed by atoms with Gasteiger partial charge in [-0.15, -0.1) is 0 Å². The van der Waals surface area contributed by atoms with Gasteiger partial charge in [0, 0.05) is 12.1 Å². The minimum atomic E-state index is -0.287. The fraction of sp³-hybridized carbons (Fsp3) is 0.350. The summed E-state index contributed by atoms with van der Waals surface area (Å²) in [5.74, 6) is 0.0638. The monoisotopic (exact) mass is 341 g/mol. The Hall–Kier alpha value is -2.40. The molecule has 0 atom stereocenters. The quantitative estimate of drug-likeness (QED) is 0.496. The minimum Gasteiger partial charge on any atom is -0.389 e. The molecule has 25 heavy (non-hydrogen) atoms. The molecule has 0 spiro atoms. The average molecular weight is 341 g/mol. The normalized spacial score (nSPS) is 16.0. The molecule has 0 radical (unpaired) electrons. The Bertz CT molecular complexity index is 726. The van der Waals surface area contributed by atoms with Crippen molar-refractivity contribution < 1.29 is 9.23 Å². The summed E-state index contributed by atoms with van der Waals surface area (Å²) < 4.78 is 13.2. The van der Waals surface area contributed by atoms with Gasteiger partial charge in [0.15, 0.2) is 5.84 Å². The second-order valence-corrected chi connectivity index (χ2v) is 6.37. The topological polar surface area (TPSA) is 50.9 Å². The molecule has 1 aliphatic heterocycles. The van der Waals surface area contributed by atoms with E-state index in [0.29, 0.717) is 5.84 Å². The van der Waals surface area contributed by atoms with Crippen molar-refractivity contribution in [3.05, 3.63) is 71.0 Å². The van der Waals surface area contributed by atoms with Crippen LogP contribution in [0, 0.1) is 5.82 Å². The van der Waals surface area contributed by atoms with Crippen molar-refractivity contribution in [1.29, 1.82) is 0 Å². The summed E-state index contributed by atoms with van der Waals surface area (Å²) in [7, 11) is 0. The zero-order valence-electron chi connectivity index (χ0n) is 14.3. The van der Waals surface area contributed by atoms with Crippen molar-refractivity contribution in [3.63, 3.8) is 0 Å². The number of benzene rings is 2. The van der Waals surface area contributed by atoms with E-state index < -0.39 is 0 Å². The first-order valence-electron chi connectivity index (χ1n) is 8.73. The highest BCUT2D eigenvalue weighted by molar-refractivity contribution is 5.98. The number of likely N-dealkylation sites (tertiary alicyclic amines) is 1. The standard InChI is InChI=1S/C20H24FN3O/c21-18-9-6-7-16(13-18)15-25-23-20(22)19-10-3-2-8-17(19)14-24-11-4-1-5-12-24/h2-3,6-10,13H,1,4-5,11-12,14-15H2,(H2,22,23). The Balaban J connectivity index is 1.65. The number of amidine groups is 1. The van der Waals surface area contributed by atoms with Crippen molar-refractivity contribution in [3.8, 4) is 0 Å². The van der Waals surface area contributed by atoms with Gasteiger partial charge in [-0.05, 0) is 49.2 Å². The van der Waals surface area contributed by atoms with Crippen LogP contribution in [-0.2, 0) is 18.0 Å². The van der Waals surface area contributed by atoms with Gasteiger partial charge in [-0.2, -0.15) is 0 Å². The summed E-state index contributed by atoms with van der Waals surface area (Å²) in [5, 5.41) is 4.03. The number of halogens is 1. The molecule has 2 aromatic carbocycles. The molecule has 1 saturated heterocycles. The van der Waals surface area contributed by atoms with Gasteiger partial charge in [-0.25, -0.2) is 4.39 Å². The van der Waals surface area contributed by atoms with Crippen LogP contribution in [0.15, 0.2) is 53.7 Å². The Labute approximate surface area is 148 Å². The molecule has 4 nitrogen and oxygen atoms in total. The van der Waals surface area contributed by atoms with Gasteiger partial charge in [-0.3, -0.25) is 4.90 Å². The zero-order valence-corrected chi connectivity index (χ0v) is 14.3. The van der Waals surface area contributed by atoms with Crippen molar-refractivity contribution in [2.75, 3.05) is 13.1 Å². The highest BCUT2D eigenvalue weighted by Gasteiger charge is 2.14. The van der Waals surface area contributed by atoms with Crippen LogP contribution in [0.4, 0.5) is 4.39 Å². The summed E-state index contributed by atoms with van der Waals surface area (Å²) in [6.45, 7) is 3.31. The lowest BCUT2D eigenvalue weighted by atomic mass is 10.0. The third kappa shape index (κ3) is 5.03. The van der Waals surface area contributed by atoms with E-state index in [1.54, 1.807) is 12.1 Å². The first kappa shape index (κ1) is 17.4. The number of hydrogen-bond donors (Lipinski definition) is 1. The molecular formula is C20H24FN3O. The predicted molar refractivity (Wildman–Crippen MR) is 97.5 cm³/mol. The molecule has 0 aliphatic carbocycles. The zero-order chi connectivity index (χ0) is 17.5. The van der Waals surface area contributed by atoms with Crippen LogP contribution in [0.3, 0.4) is 0 Å². The number of nitrogens with two attached hydrogens (primary N) is 1. The van der Waals surface area contributed by atoms with Crippen molar-refractivity contribution in [2.45, 2.75) is 32.4 Å². The molecule has 0 bridgehead atoms. The van der Waals surface area contributed by atoms with E-state index in [2.05, 4.69) is 16.1 Å². The maximum atomic E-state index is 13.2. The van der Waals surface area contributed by atoms with Gasteiger partial charge >= 0.3 is 0 Å². The Morgan fingerprint density at radius 1 is 1.08 bits per heavy atom. The largest absolute Gasteiger partial charge is 0.389 e. The minimum absolute atomic E-state index is 0.187. The van der Waals surface area contributed by atoms with E-state index in [1.807, 2.05) is 18.2 Å². The maximum Gasteiger partial charge on any atom is 0.170 e. The molecule has 3 rings (SSSR count). The summed E-state index contributed by atoms with van der Waals surface area (Å²) in [4.78, 5) is 7.77. The molecule has 0 aromatic heterocycles. The molecule has 132 valence electrons. The van der Waals surface area contributed by atoms with Crippen LogP contribution in [-0.4, -0.2) is 23.8 Å². The summed E-state index contributed by atoms with van der Waals surface area (Å²) >= 11 is 0. The third-order valence-electron chi connectivity index (χ3n) is 4.42. The molecule has 0 saturated carbocycles. The molecule has 1 heterocycles. The Morgan fingerprint density at radius 3 is 2.68 bits per heavy atom. The second kappa shape index (κ2) is 8.62. The molecule has 2 aromatic rings. The van der Waals surface area contributed by atoms with Crippen LogP contribution < -0.4 is 5.73 Å². The number of hydrogen-bond acceptors (Lipinski definition) is 3. The number of rotatable bonds is 6. The highest BCUT2D eigenvalue weighted by Crippen LogP contribution is 2.16. The van der Waals surface area contributed by atoms with Gasteiger partial charge in [0.25, 0.3) is 0 Å².